The summed E-state index contributed by atoms with van der Waals surface area (Å²) in [5.74, 6) is 2.77. The van der Waals surface area contributed by atoms with E-state index in [2.05, 4.69) is 50.5 Å². The van der Waals surface area contributed by atoms with Crippen molar-refractivity contribution in [3.63, 3.8) is 0 Å². The highest BCUT2D eigenvalue weighted by Crippen LogP contribution is 2.34. The van der Waals surface area contributed by atoms with Crippen LogP contribution in [-0.2, 0) is 12.8 Å². The van der Waals surface area contributed by atoms with Crippen LogP contribution in [0.4, 0.5) is 0 Å². The molecule has 1 heterocycles. The Morgan fingerprint density at radius 3 is 1.69 bits per heavy atom. The summed E-state index contributed by atoms with van der Waals surface area (Å²) >= 11 is 0. The van der Waals surface area contributed by atoms with Crippen molar-refractivity contribution in [2.45, 2.75) is 142 Å². The van der Waals surface area contributed by atoms with Gasteiger partial charge in [0, 0.05) is 18.0 Å². The molecule has 1 aliphatic carbocycles. The van der Waals surface area contributed by atoms with Gasteiger partial charge in [0.05, 0.1) is 0 Å². The molecule has 0 bridgehead atoms. The minimum absolute atomic E-state index is 0.860. The molecule has 0 aliphatic heterocycles. The summed E-state index contributed by atoms with van der Waals surface area (Å²) in [5.41, 5.74) is 3.87. The molecule has 0 unspecified atom stereocenters. The number of benzene rings is 1. The molecule has 0 radical (unpaired) electrons. The van der Waals surface area contributed by atoms with Crippen LogP contribution in [0.3, 0.4) is 0 Å². The Morgan fingerprint density at radius 2 is 1.08 bits per heavy atom. The Balaban J connectivity index is 1.29. The molecular formula is C34H54N2. The number of rotatable bonds is 18. The zero-order valence-electron chi connectivity index (χ0n) is 23.7. The number of hydrogen-bond acceptors (Lipinski definition) is 2. The van der Waals surface area contributed by atoms with Crippen molar-refractivity contribution in [1.82, 2.24) is 9.97 Å². The summed E-state index contributed by atoms with van der Waals surface area (Å²) in [4.78, 5) is 9.41. The third-order valence-electron chi connectivity index (χ3n) is 8.51. The van der Waals surface area contributed by atoms with Gasteiger partial charge in [-0.2, -0.15) is 0 Å². The molecule has 1 aromatic carbocycles. The second kappa shape index (κ2) is 17.7. The SMILES string of the molecule is CCCCCCCCC[C@H]1CC[C@H](CCc2cnc(-c3ccc(CCCCCCC)cc3)nc2)CC1. The van der Waals surface area contributed by atoms with Crippen molar-refractivity contribution < 1.29 is 0 Å². The minimum Gasteiger partial charge on any atom is -0.236 e. The molecule has 1 fully saturated rings. The molecule has 1 aromatic heterocycles. The van der Waals surface area contributed by atoms with Crippen LogP contribution in [0.1, 0.15) is 141 Å². The first-order valence-corrected chi connectivity index (χ1v) is 15.7. The number of hydrogen-bond donors (Lipinski definition) is 0. The van der Waals surface area contributed by atoms with Crippen molar-refractivity contribution in [3.8, 4) is 11.4 Å². The van der Waals surface area contributed by atoms with Crippen molar-refractivity contribution in [1.29, 1.82) is 0 Å². The highest BCUT2D eigenvalue weighted by atomic mass is 14.9. The van der Waals surface area contributed by atoms with Crippen molar-refractivity contribution in [3.05, 3.63) is 47.8 Å². The molecular weight excluding hydrogens is 436 g/mol. The largest absolute Gasteiger partial charge is 0.236 e. The molecule has 200 valence electrons. The van der Waals surface area contributed by atoms with Crippen LogP contribution in [-0.4, -0.2) is 9.97 Å². The predicted molar refractivity (Wildman–Crippen MR) is 156 cm³/mol. The Kier molecular flexibility index (Phi) is 14.2. The van der Waals surface area contributed by atoms with E-state index < -0.39 is 0 Å². The monoisotopic (exact) mass is 490 g/mol. The van der Waals surface area contributed by atoms with Crippen LogP contribution in [0.25, 0.3) is 11.4 Å². The Morgan fingerprint density at radius 1 is 0.556 bits per heavy atom. The van der Waals surface area contributed by atoms with Gasteiger partial charge in [0.25, 0.3) is 0 Å². The lowest BCUT2D eigenvalue weighted by molar-refractivity contribution is 0.248. The van der Waals surface area contributed by atoms with Crippen LogP contribution in [0.5, 0.6) is 0 Å². The lowest BCUT2D eigenvalue weighted by Crippen LogP contribution is -2.15. The van der Waals surface area contributed by atoms with Crippen LogP contribution in [0.15, 0.2) is 36.7 Å². The van der Waals surface area contributed by atoms with E-state index in [4.69, 9.17) is 9.97 Å². The highest BCUT2D eigenvalue weighted by Gasteiger charge is 2.20. The molecule has 0 N–H and O–H groups in total. The van der Waals surface area contributed by atoms with Crippen LogP contribution in [0.2, 0.25) is 0 Å². The van der Waals surface area contributed by atoms with Gasteiger partial charge in [0.15, 0.2) is 5.82 Å². The third kappa shape index (κ3) is 11.1. The molecule has 3 rings (SSSR count). The molecule has 36 heavy (non-hydrogen) atoms. The number of unbranched alkanes of at least 4 members (excludes halogenated alkanes) is 10. The molecule has 0 atom stereocenters. The van der Waals surface area contributed by atoms with Crippen molar-refractivity contribution in [2.24, 2.45) is 11.8 Å². The Bertz CT molecular complexity index is 787. The normalized spacial score (nSPS) is 17.9. The van der Waals surface area contributed by atoms with E-state index in [0.29, 0.717) is 0 Å². The fourth-order valence-electron chi connectivity index (χ4n) is 5.96. The van der Waals surface area contributed by atoms with Gasteiger partial charge in [-0.3, -0.25) is 0 Å². The predicted octanol–water partition coefficient (Wildman–Crippen LogP) is 10.5. The molecule has 2 heteroatoms. The first-order valence-electron chi connectivity index (χ1n) is 15.7. The number of nitrogens with zero attached hydrogens (tertiary/aromatic N) is 2. The van der Waals surface area contributed by atoms with Gasteiger partial charge in [-0.25, -0.2) is 9.97 Å². The zero-order chi connectivity index (χ0) is 25.3. The summed E-state index contributed by atoms with van der Waals surface area (Å²) < 4.78 is 0. The number of aryl methyl sites for hydroxylation is 2. The molecule has 2 nitrogen and oxygen atoms in total. The standard InChI is InChI=1S/C34H54N2/c1-3-5-7-9-10-12-14-15-29-17-19-31(20-18-29)21-22-32-27-35-34(36-28-32)33-25-23-30(24-26-33)16-13-11-8-6-4-2/h23-29,31H,3-22H2,1-2H3/t29-,31-. The van der Waals surface area contributed by atoms with Gasteiger partial charge >= 0.3 is 0 Å². The van der Waals surface area contributed by atoms with E-state index in [9.17, 15) is 0 Å². The van der Waals surface area contributed by atoms with Crippen LogP contribution < -0.4 is 0 Å². The van der Waals surface area contributed by atoms with Gasteiger partial charge < -0.3 is 0 Å². The van der Waals surface area contributed by atoms with Gasteiger partial charge in [-0.15, -0.1) is 0 Å². The van der Waals surface area contributed by atoms with E-state index in [1.165, 1.54) is 133 Å². The van der Waals surface area contributed by atoms with Crippen molar-refractivity contribution in [2.75, 3.05) is 0 Å². The first-order chi connectivity index (χ1) is 17.8. The second-order valence-electron chi connectivity index (χ2n) is 11.6. The average molecular weight is 491 g/mol. The van der Waals surface area contributed by atoms with Crippen LogP contribution >= 0.6 is 0 Å². The summed E-state index contributed by atoms with van der Waals surface area (Å²) in [6.07, 6.45) is 31.8. The third-order valence-corrected chi connectivity index (χ3v) is 8.51. The molecule has 0 saturated heterocycles. The van der Waals surface area contributed by atoms with Crippen molar-refractivity contribution >= 4 is 0 Å². The lowest BCUT2D eigenvalue weighted by atomic mass is 9.78. The molecule has 0 spiro atoms. The van der Waals surface area contributed by atoms with Gasteiger partial charge in [-0.05, 0) is 48.6 Å². The molecule has 1 saturated carbocycles. The lowest BCUT2D eigenvalue weighted by Gasteiger charge is -2.28. The van der Waals surface area contributed by atoms with Crippen LogP contribution in [0, 0.1) is 11.8 Å². The van der Waals surface area contributed by atoms with E-state index in [0.717, 1.165) is 29.6 Å². The fourth-order valence-corrected chi connectivity index (χ4v) is 5.96. The second-order valence-corrected chi connectivity index (χ2v) is 11.6. The van der Waals surface area contributed by atoms with Gasteiger partial charge in [0.1, 0.15) is 0 Å². The zero-order valence-corrected chi connectivity index (χ0v) is 23.7. The molecule has 2 aromatic rings. The summed E-state index contributed by atoms with van der Waals surface area (Å²) in [5, 5.41) is 0. The molecule has 1 aliphatic rings. The van der Waals surface area contributed by atoms with E-state index in [1.54, 1.807) is 0 Å². The van der Waals surface area contributed by atoms with E-state index in [-0.39, 0.29) is 0 Å². The van der Waals surface area contributed by atoms with Gasteiger partial charge in [0.2, 0.25) is 0 Å². The maximum Gasteiger partial charge on any atom is 0.159 e. The highest BCUT2D eigenvalue weighted by molar-refractivity contribution is 5.55. The van der Waals surface area contributed by atoms with E-state index in [1.807, 2.05) is 0 Å². The maximum absolute atomic E-state index is 4.70. The first kappa shape index (κ1) is 28.9. The molecule has 0 amide bonds. The minimum atomic E-state index is 0.860. The summed E-state index contributed by atoms with van der Waals surface area (Å²) in [6.45, 7) is 4.58. The summed E-state index contributed by atoms with van der Waals surface area (Å²) in [7, 11) is 0. The van der Waals surface area contributed by atoms with E-state index >= 15 is 0 Å². The topological polar surface area (TPSA) is 25.8 Å². The smallest absolute Gasteiger partial charge is 0.159 e. The average Bonchev–Trinajstić information content (AvgIpc) is 2.93. The Labute approximate surface area is 223 Å². The Hall–Kier alpha value is -1.70. The van der Waals surface area contributed by atoms with Gasteiger partial charge in [-0.1, -0.05) is 141 Å². The fraction of sp³-hybridized carbons (Fsp3) is 0.706. The number of aromatic nitrogens is 2. The quantitative estimate of drug-likeness (QED) is 0.194. The maximum atomic E-state index is 4.70. The summed E-state index contributed by atoms with van der Waals surface area (Å²) in [6, 6.07) is 8.91.